The van der Waals surface area contributed by atoms with Crippen LogP contribution in [0.1, 0.15) is 32.6 Å². The van der Waals surface area contributed by atoms with Crippen molar-refractivity contribution in [2.24, 2.45) is 17.8 Å². The first-order valence-corrected chi connectivity index (χ1v) is 5.05. The van der Waals surface area contributed by atoms with Crippen LogP contribution in [0, 0.1) is 17.8 Å². The molecular formula is C10H19N. The van der Waals surface area contributed by atoms with Crippen molar-refractivity contribution < 1.29 is 0 Å². The van der Waals surface area contributed by atoms with Gasteiger partial charge in [0.25, 0.3) is 0 Å². The minimum absolute atomic E-state index is 0.916. The zero-order chi connectivity index (χ0) is 7.68. The smallest absolute Gasteiger partial charge is 0.00203 e. The molecule has 1 saturated heterocycles. The van der Waals surface area contributed by atoms with Crippen molar-refractivity contribution in [3.63, 3.8) is 0 Å². The maximum Gasteiger partial charge on any atom is -0.00203 e. The summed E-state index contributed by atoms with van der Waals surface area (Å²) in [5, 5.41) is 3.56. The van der Waals surface area contributed by atoms with Crippen LogP contribution < -0.4 is 5.32 Å². The Kier molecular flexibility index (Phi) is 2.17. The van der Waals surface area contributed by atoms with Crippen LogP contribution in [0.3, 0.4) is 0 Å². The zero-order valence-electron chi connectivity index (χ0n) is 7.47. The van der Waals surface area contributed by atoms with Crippen molar-refractivity contribution in [1.82, 2.24) is 5.32 Å². The van der Waals surface area contributed by atoms with Gasteiger partial charge in [0.15, 0.2) is 0 Å². The Morgan fingerprint density at radius 3 is 2.73 bits per heavy atom. The molecule has 0 aromatic heterocycles. The summed E-state index contributed by atoms with van der Waals surface area (Å²) in [5.41, 5.74) is 0. The Balaban J connectivity index is 1.94. The molecule has 1 heterocycles. The quantitative estimate of drug-likeness (QED) is 0.561. The van der Waals surface area contributed by atoms with Crippen molar-refractivity contribution in [2.75, 3.05) is 13.1 Å². The van der Waals surface area contributed by atoms with Crippen molar-refractivity contribution in [1.29, 1.82) is 0 Å². The third-order valence-corrected chi connectivity index (χ3v) is 3.31. The van der Waals surface area contributed by atoms with Crippen LogP contribution in [0.25, 0.3) is 0 Å². The van der Waals surface area contributed by atoms with Crippen molar-refractivity contribution in [2.45, 2.75) is 32.6 Å². The first-order chi connectivity index (χ1) is 5.34. The number of nitrogens with one attached hydrogen (secondary N) is 1. The second-order valence-corrected chi connectivity index (χ2v) is 4.54. The van der Waals surface area contributed by atoms with E-state index in [1.807, 2.05) is 0 Å². The summed E-state index contributed by atoms with van der Waals surface area (Å²) in [6.45, 7) is 4.93. The molecule has 0 spiro atoms. The number of hydrogen-bond acceptors (Lipinski definition) is 1. The van der Waals surface area contributed by atoms with Gasteiger partial charge in [0.1, 0.15) is 0 Å². The van der Waals surface area contributed by atoms with E-state index < -0.39 is 0 Å². The minimum Gasteiger partial charge on any atom is -0.316 e. The molecule has 0 amide bonds. The van der Waals surface area contributed by atoms with Crippen LogP contribution in [0.5, 0.6) is 0 Å². The Morgan fingerprint density at radius 2 is 1.82 bits per heavy atom. The lowest BCUT2D eigenvalue weighted by molar-refractivity contribution is 0.333. The number of fused-ring (bicyclic) bond motifs is 2. The minimum atomic E-state index is 0.916. The molecule has 3 unspecified atom stereocenters. The van der Waals surface area contributed by atoms with E-state index in [0.29, 0.717) is 0 Å². The van der Waals surface area contributed by atoms with Gasteiger partial charge in [0.05, 0.1) is 0 Å². The fourth-order valence-electron chi connectivity index (χ4n) is 2.76. The summed E-state index contributed by atoms with van der Waals surface area (Å²) >= 11 is 0. The fraction of sp³-hybridized carbons (Fsp3) is 1.00. The molecule has 0 aromatic carbocycles. The molecule has 1 aliphatic heterocycles. The monoisotopic (exact) mass is 153 g/mol. The van der Waals surface area contributed by atoms with E-state index >= 15 is 0 Å². The molecule has 1 heteroatoms. The van der Waals surface area contributed by atoms with E-state index in [-0.39, 0.29) is 0 Å². The largest absolute Gasteiger partial charge is 0.316 e. The van der Waals surface area contributed by atoms with E-state index in [2.05, 4.69) is 12.2 Å². The third-order valence-electron chi connectivity index (χ3n) is 3.31. The second kappa shape index (κ2) is 3.14. The highest BCUT2D eigenvalue weighted by atomic mass is 14.9. The molecule has 1 nitrogen and oxygen atoms in total. The molecule has 2 bridgehead atoms. The van der Waals surface area contributed by atoms with Crippen molar-refractivity contribution in [3.05, 3.63) is 0 Å². The highest BCUT2D eigenvalue weighted by molar-refractivity contribution is 4.81. The van der Waals surface area contributed by atoms with Gasteiger partial charge in [-0.05, 0) is 50.1 Å². The molecule has 1 aliphatic carbocycles. The molecular weight excluding hydrogens is 134 g/mol. The lowest BCUT2D eigenvalue weighted by Gasteiger charge is -2.21. The van der Waals surface area contributed by atoms with Crippen LogP contribution in [0.15, 0.2) is 0 Å². The number of rotatable bonds is 0. The molecule has 64 valence electrons. The van der Waals surface area contributed by atoms with Crippen LogP contribution in [0.4, 0.5) is 0 Å². The topological polar surface area (TPSA) is 12.0 Å². The van der Waals surface area contributed by atoms with Gasteiger partial charge in [-0.1, -0.05) is 13.3 Å². The Morgan fingerprint density at radius 1 is 1.00 bits per heavy atom. The molecule has 1 N–H and O–H groups in total. The standard InChI is InChI=1S/C10H19N/c1-8-4-9-2-3-10(5-9)7-11-6-8/h8-11H,2-7H2,1H3. The SMILES string of the molecule is CC1CNCC2CCC(C1)C2. The van der Waals surface area contributed by atoms with Gasteiger partial charge in [-0.3, -0.25) is 0 Å². The van der Waals surface area contributed by atoms with E-state index in [9.17, 15) is 0 Å². The summed E-state index contributed by atoms with van der Waals surface area (Å²) in [6, 6.07) is 0. The molecule has 1 saturated carbocycles. The molecule has 0 aromatic rings. The average molecular weight is 153 g/mol. The van der Waals surface area contributed by atoms with E-state index in [0.717, 1.165) is 17.8 Å². The normalized spacial score (nSPS) is 45.0. The molecule has 2 fully saturated rings. The van der Waals surface area contributed by atoms with Crippen LogP contribution >= 0.6 is 0 Å². The third kappa shape index (κ3) is 1.76. The van der Waals surface area contributed by atoms with Crippen LogP contribution in [0.2, 0.25) is 0 Å². The summed E-state index contributed by atoms with van der Waals surface area (Å²) in [6.07, 6.45) is 5.99. The van der Waals surface area contributed by atoms with Crippen molar-refractivity contribution in [3.8, 4) is 0 Å². The van der Waals surface area contributed by atoms with Gasteiger partial charge >= 0.3 is 0 Å². The first kappa shape index (κ1) is 7.60. The summed E-state index contributed by atoms with van der Waals surface area (Å²) in [7, 11) is 0. The van der Waals surface area contributed by atoms with E-state index in [1.54, 1.807) is 0 Å². The van der Waals surface area contributed by atoms with E-state index in [1.165, 1.54) is 38.8 Å². The van der Waals surface area contributed by atoms with Crippen LogP contribution in [-0.2, 0) is 0 Å². The van der Waals surface area contributed by atoms with Gasteiger partial charge < -0.3 is 5.32 Å². The molecule has 2 aliphatic rings. The molecule has 0 radical (unpaired) electrons. The highest BCUT2D eigenvalue weighted by Gasteiger charge is 2.27. The summed E-state index contributed by atoms with van der Waals surface area (Å²) in [5.74, 6) is 3.02. The predicted octanol–water partition coefficient (Wildman–Crippen LogP) is 2.03. The predicted molar refractivity (Wildman–Crippen MR) is 47.5 cm³/mol. The summed E-state index contributed by atoms with van der Waals surface area (Å²) < 4.78 is 0. The Bertz CT molecular complexity index is 133. The highest BCUT2D eigenvalue weighted by Crippen LogP contribution is 2.35. The fourth-order valence-corrected chi connectivity index (χ4v) is 2.76. The first-order valence-electron chi connectivity index (χ1n) is 5.05. The molecule has 11 heavy (non-hydrogen) atoms. The maximum absolute atomic E-state index is 3.56. The zero-order valence-corrected chi connectivity index (χ0v) is 7.47. The average Bonchev–Trinajstić information content (AvgIpc) is 2.34. The van der Waals surface area contributed by atoms with Gasteiger partial charge in [-0.2, -0.15) is 0 Å². The number of hydrogen-bond donors (Lipinski definition) is 1. The van der Waals surface area contributed by atoms with E-state index in [4.69, 9.17) is 0 Å². The van der Waals surface area contributed by atoms with Crippen LogP contribution in [-0.4, -0.2) is 13.1 Å². The van der Waals surface area contributed by atoms with Gasteiger partial charge in [0.2, 0.25) is 0 Å². The molecule has 2 rings (SSSR count). The molecule has 3 atom stereocenters. The second-order valence-electron chi connectivity index (χ2n) is 4.54. The van der Waals surface area contributed by atoms with Gasteiger partial charge in [-0.15, -0.1) is 0 Å². The lowest BCUT2D eigenvalue weighted by Crippen LogP contribution is -2.29. The van der Waals surface area contributed by atoms with Gasteiger partial charge in [-0.25, -0.2) is 0 Å². The Hall–Kier alpha value is -0.0400. The van der Waals surface area contributed by atoms with Crippen molar-refractivity contribution >= 4 is 0 Å². The lowest BCUT2D eigenvalue weighted by atomic mass is 9.92. The van der Waals surface area contributed by atoms with Gasteiger partial charge in [0, 0.05) is 0 Å². The maximum atomic E-state index is 3.56. The summed E-state index contributed by atoms with van der Waals surface area (Å²) in [4.78, 5) is 0. The Labute approximate surface area is 69.6 Å².